The van der Waals surface area contributed by atoms with E-state index in [0.29, 0.717) is 49.6 Å². The van der Waals surface area contributed by atoms with Crippen LogP contribution in [0.15, 0.2) is 6.07 Å². The highest BCUT2D eigenvalue weighted by Gasteiger charge is 2.56. The molecule has 2 unspecified atom stereocenters. The summed E-state index contributed by atoms with van der Waals surface area (Å²) in [6.07, 6.45) is 0.417. The maximum Gasteiger partial charge on any atom is 0.306 e. The van der Waals surface area contributed by atoms with Crippen LogP contribution in [0, 0.1) is 17.8 Å². The van der Waals surface area contributed by atoms with Crippen molar-refractivity contribution in [1.29, 1.82) is 0 Å². The van der Waals surface area contributed by atoms with Crippen molar-refractivity contribution >= 4 is 34.9 Å². The molecular weight excluding hydrogens is 361 g/mol. The Bertz CT molecular complexity index is 654. The summed E-state index contributed by atoms with van der Waals surface area (Å²) in [7, 11) is 0. The molecule has 0 aromatic carbocycles. The van der Waals surface area contributed by atoms with Gasteiger partial charge in [0.2, 0.25) is 0 Å². The Kier molecular flexibility index (Phi) is 4.64. The zero-order valence-corrected chi connectivity index (χ0v) is 14.9. The minimum atomic E-state index is -3.16. The maximum atomic E-state index is 13.7. The first-order valence-corrected chi connectivity index (χ1v) is 8.62. The van der Waals surface area contributed by atoms with Crippen molar-refractivity contribution in [3.05, 3.63) is 21.9 Å². The zero-order valence-electron chi connectivity index (χ0n) is 13.4. The number of aromatic nitrogens is 1. The zero-order chi connectivity index (χ0) is 17.6. The van der Waals surface area contributed by atoms with E-state index in [4.69, 9.17) is 27.9 Å². The van der Waals surface area contributed by atoms with Gasteiger partial charge >= 0.3 is 5.97 Å². The Morgan fingerprint density at radius 1 is 1.42 bits per heavy atom. The lowest BCUT2D eigenvalue weighted by atomic mass is 10.1. The number of hydrogen-bond acceptors (Lipinski definition) is 4. The molecule has 4 nitrogen and oxygen atoms in total. The van der Waals surface area contributed by atoms with Crippen molar-refractivity contribution < 1.29 is 18.3 Å². The van der Waals surface area contributed by atoms with E-state index in [-0.39, 0.29) is 16.1 Å². The van der Waals surface area contributed by atoms with E-state index in [1.807, 2.05) is 4.90 Å². The van der Waals surface area contributed by atoms with Gasteiger partial charge in [-0.3, -0.25) is 4.79 Å². The summed E-state index contributed by atoms with van der Waals surface area (Å²) < 4.78 is 32.3. The van der Waals surface area contributed by atoms with Crippen LogP contribution < -0.4 is 4.90 Å². The number of pyridine rings is 1. The summed E-state index contributed by atoms with van der Waals surface area (Å²) in [5.41, 5.74) is -0.0226. The number of ether oxygens (including phenoxy) is 1. The lowest BCUT2D eigenvalue weighted by Gasteiger charge is -2.25. The standard InChI is InChI=1S/C16H18Cl2F2N2O2/c1-3-24-13(23)4-8-9-6-22(7-10(8)9)11-5-12(17)21-15(14(11)18)16(2,19)20/h5,8-10H,3-4,6-7H2,1-2H3. The van der Waals surface area contributed by atoms with E-state index < -0.39 is 11.6 Å². The fraction of sp³-hybridized carbons (Fsp3) is 0.625. The molecule has 1 aromatic heterocycles. The molecule has 0 bridgehead atoms. The van der Waals surface area contributed by atoms with Crippen molar-refractivity contribution in [2.24, 2.45) is 17.8 Å². The molecule has 0 spiro atoms. The Hall–Kier alpha value is -1.14. The molecule has 1 aromatic rings. The first-order valence-electron chi connectivity index (χ1n) is 7.87. The largest absolute Gasteiger partial charge is 0.466 e. The monoisotopic (exact) mass is 378 g/mol. The SMILES string of the molecule is CCOC(=O)CC1C2CN(c3cc(Cl)nc(C(C)(F)F)c3Cl)CC12. The molecular formula is C16H18Cl2F2N2O2. The molecule has 24 heavy (non-hydrogen) atoms. The molecule has 1 aliphatic carbocycles. The number of fused-ring (bicyclic) bond motifs is 1. The molecule has 8 heteroatoms. The number of rotatable bonds is 5. The number of piperidine rings is 1. The summed E-state index contributed by atoms with van der Waals surface area (Å²) in [5.74, 6) is -2.30. The number of hydrogen-bond donors (Lipinski definition) is 0. The molecule has 1 aliphatic heterocycles. The van der Waals surface area contributed by atoms with Gasteiger partial charge in [-0.25, -0.2) is 4.98 Å². The summed E-state index contributed by atoms with van der Waals surface area (Å²) in [6, 6.07) is 1.52. The average molecular weight is 379 g/mol. The lowest BCUT2D eigenvalue weighted by Crippen LogP contribution is -2.26. The van der Waals surface area contributed by atoms with Crippen molar-refractivity contribution in [3.8, 4) is 0 Å². The van der Waals surface area contributed by atoms with Crippen LogP contribution in [-0.2, 0) is 15.5 Å². The fourth-order valence-corrected chi connectivity index (χ4v) is 4.14. The smallest absolute Gasteiger partial charge is 0.306 e. The first kappa shape index (κ1) is 17.7. The fourth-order valence-electron chi connectivity index (χ4n) is 3.57. The van der Waals surface area contributed by atoms with E-state index in [2.05, 4.69) is 4.98 Å². The molecule has 2 fully saturated rings. The summed E-state index contributed by atoms with van der Waals surface area (Å²) in [5, 5.41) is -0.0651. The van der Waals surface area contributed by atoms with E-state index in [1.54, 1.807) is 6.92 Å². The van der Waals surface area contributed by atoms with Crippen LogP contribution in [0.2, 0.25) is 10.2 Å². The van der Waals surface area contributed by atoms with Gasteiger partial charge in [0.25, 0.3) is 5.92 Å². The second-order valence-electron chi connectivity index (χ2n) is 6.42. The molecule has 0 N–H and O–H groups in total. The van der Waals surface area contributed by atoms with Gasteiger partial charge in [0, 0.05) is 32.5 Å². The number of carbonyl (C=O) groups excluding carboxylic acids is 1. The third-order valence-corrected chi connectivity index (χ3v) is 5.31. The van der Waals surface area contributed by atoms with Crippen LogP contribution >= 0.6 is 23.2 Å². The van der Waals surface area contributed by atoms with Crippen molar-refractivity contribution in [3.63, 3.8) is 0 Å². The summed E-state index contributed by atoms with van der Waals surface area (Å²) >= 11 is 12.0. The molecule has 132 valence electrons. The second kappa shape index (κ2) is 6.30. The van der Waals surface area contributed by atoms with Gasteiger partial charge in [-0.05, 0) is 24.7 Å². The molecule has 0 radical (unpaired) electrons. The van der Waals surface area contributed by atoms with Crippen LogP contribution in [0.4, 0.5) is 14.5 Å². The Morgan fingerprint density at radius 2 is 2.04 bits per heavy atom. The lowest BCUT2D eigenvalue weighted by molar-refractivity contribution is -0.143. The number of anilines is 1. The van der Waals surface area contributed by atoms with Crippen molar-refractivity contribution in [2.75, 3.05) is 24.6 Å². The van der Waals surface area contributed by atoms with Gasteiger partial charge in [0.1, 0.15) is 10.8 Å². The van der Waals surface area contributed by atoms with Crippen LogP contribution in [0.1, 0.15) is 26.0 Å². The predicted molar refractivity (Wildman–Crippen MR) is 87.8 cm³/mol. The Morgan fingerprint density at radius 3 is 2.58 bits per heavy atom. The molecule has 2 aliphatic rings. The first-order chi connectivity index (χ1) is 11.2. The number of esters is 1. The minimum absolute atomic E-state index is 0.00503. The summed E-state index contributed by atoms with van der Waals surface area (Å²) in [4.78, 5) is 17.2. The molecule has 2 heterocycles. The Balaban J connectivity index is 1.71. The number of alkyl halides is 2. The minimum Gasteiger partial charge on any atom is -0.466 e. The van der Waals surface area contributed by atoms with Crippen molar-refractivity contribution in [2.45, 2.75) is 26.2 Å². The Labute approximate surface area is 149 Å². The topological polar surface area (TPSA) is 42.4 Å². The van der Waals surface area contributed by atoms with Crippen LogP contribution in [0.3, 0.4) is 0 Å². The number of carbonyl (C=O) groups is 1. The summed E-state index contributed by atoms with van der Waals surface area (Å²) in [6.45, 7) is 4.25. The van der Waals surface area contributed by atoms with Gasteiger partial charge in [-0.1, -0.05) is 23.2 Å². The highest BCUT2D eigenvalue weighted by atomic mass is 35.5. The highest BCUT2D eigenvalue weighted by Crippen LogP contribution is 2.55. The molecule has 2 atom stereocenters. The molecule has 1 saturated carbocycles. The average Bonchev–Trinajstić information content (AvgIpc) is 2.93. The molecule has 3 rings (SSSR count). The maximum absolute atomic E-state index is 13.7. The quantitative estimate of drug-likeness (QED) is 0.570. The highest BCUT2D eigenvalue weighted by molar-refractivity contribution is 6.35. The van der Waals surface area contributed by atoms with E-state index >= 15 is 0 Å². The predicted octanol–water partition coefficient (Wildman–Crippen LogP) is 4.14. The van der Waals surface area contributed by atoms with E-state index in [0.717, 1.165) is 6.92 Å². The van der Waals surface area contributed by atoms with Gasteiger partial charge < -0.3 is 9.64 Å². The van der Waals surface area contributed by atoms with Gasteiger partial charge in [0.05, 0.1) is 17.3 Å². The van der Waals surface area contributed by atoms with Gasteiger partial charge in [-0.2, -0.15) is 8.78 Å². The number of halogens is 4. The third-order valence-electron chi connectivity index (χ3n) is 4.74. The van der Waals surface area contributed by atoms with Crippen molar-refractivity contribution in [1.82, 2.24) is 4.98 Å². The van der Waals surface area contributed by atoms with E-state index in [9.17, 15) is 13.6 Å². The van der Waals surface area contributed by atoms with Gasteiger partial charge in [0.15, 0.2) is 0 Å². The van der Waals surface area contributed by atoms with E-state index in [1.165, 1.54) is 6.07 Å². The van der Waals surface area contributed by atoms with Crippen LogP contribution in [0.5, 0.6) is 0 Å². The third kappa shape index (κ3) is 3.31. The van der Waals surface area contributed by atoms with Gasteiger partial charge in [-0.15, -0.1) is 0 Å². The van der Waals surface area contributed by atoms with Crippen LogP contribution in [-0.4, -0.2) is 30.6 Å². The van der Waals surface area contributed by atoms with Crippen LogP contribution in [0.25, 0.3) is 0 Å². The number of nitrogens with zero attached hydrogens (tertiary/aromatic N) is 2. The molecule has 1 saturated heterocycles. The second-order valence-corrected chi connectivity index (χ2v) is 7.19. The normalized spacial score (nSPS) is 25.6. The molecule has 0 amide bonds.